The molecule has 1 atom stereocenters. The highest BCUT2D eigenvalue weighted by molar-refractivity contribution is 5.92. The van der Waals surface area contributed by atoms with Crippen molar-refractivity contribution in [3.63, 3.8) is 0 Å². The van der Waals surface area contributed by atoms with Crippen LogP contribution < -0.4 is 19.1 Å². The second kappa shape index (κ2) is 10.8. The zero-order valence-electron chi connectivity index (χ0n) is 20.9. The zero-order valence-corrected chi connectivity index (χ0v) is 20.9. The van der Waals surface area contributed by atoms with Gasteiger partial charge in [-0.05, 0) is 24.2 Å². The number of pyridine rings is 1. The van der Waals surface area contributed by atoms with Crippen molar-refractivity contribution in [1.29, 1.82) is 0 Å². The Hall–Kier alpha value is -3.58. The first-order valence-corrected chi connectivity index (χ1v) is 11.9. The summed E-state index contributed by atoms with van der Waals surface area (Å²) in [6, 6.07) is 19.8. The van der Waals surface area contributed by atoms with Gasteiger partial charge in [0.25, 0.3) is 0 Å². The fourth-order valence-corrected chi connectivity index (χ4v) is 5.01. The summed E-state index contributed by atoms with van der Waals surface area (Å²) < 4.78 is 16.4. The van der Waals surface area contributed by atoms with E-state index in [1.165, 1.54) is 0 Å². The Labute approximate surface area is 207 Å². The number of likely N-dealkylation sites (N-methyl/N-ethyl adjacent to an activating group) is 1. The van der Waals surface area contributed by atoms with Gasteiger partial charge in [0.15, 0.2) is 17.3 Å². The number of carbonyl (C=O) groups excluding carboxylic acids is 1. The number of Topliss-reactive ketones (excluding diaryl/α,β-unsaturated/α-hetero) is 1. The van der Waals surface area contributed by atoms with Crippen LogP contribution >= 0.6 is 0 Å². The molecule has 0 saturated carbocycles. The van der Waals surface area contributed by atoms with Crippen LogP contribution in [0.4, 0.5) is 5.69 Å². The molecule has 3 aromatic rings. The molecule has 2 aromatic carbocycles. The number of hydrogen-bond donors (Lipinski definition) is 0. The van der Waals surface area contributed by atoms with Crippen molar-refractivity contribution in [3.05, 3.63) is 78.1 Å². The molecule has 1 fully saturated rings. The van der Waals surface area contributed by atoms with Crippen molar-refractivity contribution in [2.75, 3.05) is 52.4 Å². The summed E-state index contributed by atoms with van der Waals surface area (Å²) >= 11 is 0. The van der Waals surface area contributed by atoms with Crippen molar-refractivity contribution < 1.29 is 19.0 Å². The normalized spacial score (nSPS) is 18.2. The number of para-hydroxylation sites is 2. The first-order chi connectivity index (χ1) is 17.1. The van der Waals surface area contributed by atoms with Crippen LogP contribution in [0.2, 0.25) is 0 Å². The number of rotatable bonds is 9. The summed E-state index contributed by atoms with van der Waals surface area (Å²) in [5.41, 5.74) is 1.77. The summed E-state index contributed by atoms with van der Waals surface area (Å²) in [7, 11) is 4.84. The number of methoxy groups -OCH3 is 3. The van der Waals surface area contributed by atoms with Crippen molar-refractivity contribution >= 4 is 11.5 Å². The van der Waals surface area contributed by atoms with Crippen molar-refractivity contribution in [2.45, 2.75) is 18.9 Å². The van der Waals surface area contributed by atoms with E-state index in [1.54, 1.807) is 33.6 Å². The Morgan fingerprint density at radius 2 is 1.60 bits per heavy atom. The lowest BCUT2D eigenvalue weighted by Gasteiger charge is -2.50. The van der Waals surface area contributed by atoms with Crippen LogP contribution in [-0.4, -0.2) is 63.2 Å². The third-order valence-corrected chi connectivity index (χ3v) is 6.79. The van der Waals surface area contributed by atoms with E-state index < -0.39 is 5.54 Å². The molecule has 0 aliphatic carbocycles. The molecule has 1 aromatic heterocycles. The number of nitrogens with zero attached hydrogens (tertiary/aromatic N) is 3. The molecule has 2 heterocycles. The lowest BCUT2D eigenvalue weighted by molar-refractivity contribution is -0.132. The van der Waals surface area contributed by atoms with E-state index in [2.05, 4.69) is 27.8 Å². The molecule has 0 amide bonds. The van der Waals surface area contributed by atoms with Gasteiger partial charge >= 0.3 is 0 Å². The first kappa shape index (κ1) is 24.5. The largest absolute Gasteiger partial charge is 0.495 e. The summed E-state index contributed by atoms with van der Waals surface area (Å²) in [4.78, 5) is 23.4. The number of ketones is 1. The zero-order chi connectivity index (χ0) is 24.8. The minimum Gasteiger partial charge on any atom is -0.495 e. The molecule has 35 heavy (non-hydrogen) atoms. The van der Waals surface area contributed by atoms with E-state index in [4.69, 9.17) is 14.2 Å². The van der Waals surface area contributed by atoms with E-state index in [0.29, 0.717) is 23.7 Å². The van der Waals surface area contributed by atoms with E-state index in [-0.39, 0.29) is 12.2 Å². The van der Waals surface area contributed by atoms with Gasteiger partial charge in [-0.25, -0.2) is 0 Å². The van der Waals surface area contributed by atoms with Crippen LogP contribution in [0.5, 0.6) is 17.2 Å². The molecule has 184 valence electrons. The molecular formula is C28H33N3O4. The maximum Gasteiger partial charge on any atom is 0.179 e. The second-order valence-corrected chi connectivity index (χ2v) is 8.53. The molecular weight excluding hydrogens is 442 g/mol. The number of anilines is 1. The monoisotopic (exact) mass is 475 g/mol. The molecule has 1 aliphatic rings. The SMILES string of the molecule is CCN1CCN(c2ccccc2OC)CC1(C(=O)Cc1cc(OC)c(OC)cn1)c1ccccc1. The quantitative estimate of drug-likeness (QED) is 0.464. The van der Waals surface area contributed by atoms with Crippen molar-refractivity contribution in [2.24, 2.45) is 0 Å². The van der Waals surface area contributed by atoms with Gasteiger partial charge in [-0.2, -0.15) is 0 Å². The predicted octanol–water partition coefficient (Wildman–Crippen LogP) is 3.96. The van der Waals surface area contributed by atoms with Crippen LogP contribution in [0, 0.1) is 0 Å². The van der Waals surface area contributed by atoms with Gasteiger partial charge < -0.3 is 19.1 Å². The fourth-order valence-electron chi connectivity index (χ4n) is 5.01. The molecule has 0 bridgehead atoms. The number of benzene rings is 2. The highest BCUT2D eigenvalue weighted by Gasteiger charge is 2.48. The maximum atomic E-state index is 14.3. The van der Waals surface area contributed by atoms with Crippen LogP contribution in [0.3, 0.4) is 0 Å². The second-order valence-electron chi connectivity index (χ2n) is 8.53. The van der Waals surface area contributed by atoms with E-state index >= 15 is 0 Å². The molecule has 1 aliphatic heterocycles. The highest BCUT2D eigenvalue weighted by atomic mass is 16.5. The lowest BCUT2D eigenvalue weighted by atomic mass is 9.79. The maximum absolute atomic E-state index is 14.3. The standard InChI is InChI=1S/C28H33N3O4/c1-5-31-16-15-30(23-13-9-10-14-24(23)33-2)20-28(31,21-11-7-6-8-12-21)27(32)18-22-17-25(34-3)26(35-4)19-29-22/h6-14,17,19H,5,15-16,18,20H2,1-4H3. The Morgan fingerprint density at radius 3 is 2.29 bits per heavy atom. The van der Waals surface area contributed by atoms with Gasteiger partial charge in [-0.15, -0.1) is 0 Å². The number of carbonyl (C=O) groups is 1. The summed E-state index contributed by atoms with van der Waals surface area (Å²) in [6.07, 6.45) is 1.78. The Bertz CT molecular complexity index is 1150. The molecule has 0 spiro atoms. The summed E-state index contributed by atoms with van der Waals surface area (Å²) in [5, 5.41) is 0. The average molecular weight is 476 g/mol. The fraction of sp³-hybridized carbons (Fsp3) is 0.357. The van der Waals surface area contributed by atoms with E-state index in [0.717, 1.165) is 36.6 Å². The van der Waals surface area contributed by atoms with E-state index in [1.807, 2.05) is 48.5 Å². The third kappa shape index (κ3) is 4.68. The minimum absolute atomic E-state index is 0.0878. The lowest BCUT2D eigenvalue weighted by Crippen LogP contribution is -2.64. The number of piperazine rings is 1. The van der Waals surface area contributed by atoms with Crippen LogP contribution in [0.1, 0.15) is 18.2 Å². The Balaban J connectivity index is 1.78. The minimum atomic E-state index is -0.843. The van der Waals surface area contributed by atoms with Crippen molar-refractivity contribution in [3.8, 4) is 17.2 Å². The van der Waals surface area contributed by atoms with Crippen LogP contribution in [-0.2, 0) is 16.8 Å². The molecule has 1 saturated heterocycles. The highest BCUT2D eigenvalue weighted by Crippen LogP contribution is 2.39. The Kier molecular flexibility index (Phi) is 7.56. The number of aromatic nitrogens is 1. The van der Waals surface area contributed by atoms with Gasteiger partial charge in [-0.1, -0.05) is 49.4 Å². The molecule has 4 rings (SSSR count). The topological polar surface area (TPSA) is 64.1 Å². The first-order valence-electron chi connectivity index (χ1n) is 11.9. The number of ether oxygens (including phenoxy) is 3. The smallest absolute Gasteiger partial charge is 0.179 e. The molecule has 7 nitrogen and oxygen atoms in total. The van der Waals surface area contributed by atoms with Crippen molar-refractivity contribution in [1.82, 2.24) is 9.88 Å². The van der Waals surface area contributed by atoms with Gasteiger partial charge in [0.05, 0.1) is 45.3 Å². The molecule has 7 heteroatoms. The Morgan fingerprint density at radius 1 is 0.914 bits per heavy atom. The summed E-state index contributed by atoms with van der Waals surface area (Å²) in [5.74, 6) is 1.99. The van der Waals surface area contributed by atoms with Gasteiger partial charge in [-0.3, -0.25) is 14.7 Å². The van der Waals surface area contributed by atoms with Crippen LogP contribution in [0.25, 0.3) is 0 Å². The third-order valence-electron chi connectivity index (χ3n) is 6.79. The van der Waals surface area contributed by atoms with Crippen LogP contribution in [0.15, 0.2) is 66.9 Å². The predicted molar refractivity (Wildman–Crippen MR) is 137 cm³/mol. The average Bonchev–Trinajstić information content (AvgIpc) is 2.92. The van der Waals surface area contributed by atoms with Gasteiger partial charge in [0.2, 0.25) is 0 Å². The van der Waals surface area contributed by atoms with E-state index in [9.17, 15) is 4.79 Å². The number of hydrogen-bond acceptors (Lipinski definition) is 7. The van der Waals surface area contributed by atoms with Gasteiger partial charge in [0, 0.05) is 25.7 Å². The molecule has 0 N–H and O–H groups in total. The molecule has 1 unspecified atom stereocenters. The molecule has 0 radical (unpaired) electrons. The van der Waals surface area contributed by atoms with Gasteiger partial charge in [0.1, 0.15) is 11.3 Å². The summed E-state index contributed by atoms with van der Waals surface area (Å²) in [6.45, 7) is 4.91.